The lowest BCUT2D eigenvalue weighted by Crippen LogP contribution is -2.20. The number of carbonyl (C=O) groups excluding carboxylic acids is 2. The molecule has 4 heteroatoms. The van der Waals surface area contributed by atoms with Gasteiger partial charge in [0.15, 0.2) is 0 Å². The van der Waals surface area contributed by atoms with Crippen LogP contribution in [0.15, 0.2) is 84.9 Å². The molecule has 0 saturated heterocycles. The van der Waals surface area contributed by atoms with E-state index in [1.165, 1.54) is 0 Å². The summed E-state index contributed by atoms with van der Waals surface area (Å²) in [6.45, 7) is 30.1. The SMILES string of the molecule is CC(C)(C)c1cc(C(=O)Oc2ccc(C(C)(C)c3ccc(OC(=O)c4cc(C(C)(C)C)cc(C(C)(C)C)c4)cc3)cc2)cc(C(C)(C)C)c1. The molecule has 49 heavy (non-hydrogen) atoms. The van der Waals surface area contributed by atoms with Gasteiger partial charge in [-0.05, 0) is 104 Å². The molecule has 0 N–H and O–H groups in total. The third-order valence-corrected chi connectivity index (χ3v) is 9.37. The van der Waals surface area contributed by atoms with Gasteiger partial charge >= 0.3 is 11.9 Å². The minimum Gasteiger partial charge on any atom is -0.423 e. The highest BCUT2D eigenvalue weighted by atomic mass is 16.5. The maximum atomic E-state index is 13.3. The summed E-state index contributed by atoms with van der Waals surface area (Å²) in [4.78, 5) is 26.7. The zero-order valence-electron chi connectivity index (χ0n) is 32.2. The average molecular weight is 661 g/mol. The van der Waals surface area contributed by atoms with Crippen molar-refractivity contribution in [1.29, 1.82) is 0 Å². The predicted octanol–water partition coefficient (Wildman–Crippen LogP) is 11.6. The Kier molecular flexibility index (Phi) is 10.2. The predicted molar refractivity (Wildman–Crippen MR) is 203 cm³/mol. The van der Waals surface area contributed by atoms with Crippen molar-refractivity contribution >= 4 is 11.9 Å². The molecule has 0 atom stereocenters. The number of benzene rings is 4. The Bertz CT molecular complexity index is 1610. The van der Waals surface area contributed by atoms with E-state index in [1.54, 1.807) is 0 Å². The van der Waals surface area contributed by atoms with Gasteiger partial charge in [-0.25, -0.2) is 9.59 Å². The first-order valence-corrected chi connectivity index (χ1v) is 17.3. The fraction of sp³-hybridized carbons (Fsp3) is 0.422. The molecule has 0 amide bonds. The lowest BCUT2D eigenvalue weighted by Gasteiger charge is -2.27. The van der Waals surface area contributed by atoms with Crippen molar-refractivity contribution in [2.75, 3.05) is 0 Å². The second kappa shape index (κ2) is 13.3. The first-order chi connectivity index (χ1) is 22.4. The Morgan fingerprint density at radius 3 is 0.837 bits per heavy atom. The highest BCUT2D eigenvalue weighted by Gasteiger charge is 2.26. The molecule has 0 bridgehead atoms. The van der Waals surface area contributed by atoms with Crippen LogP contribution in [0.4, 0.5) is 0 Å². The summed E-state index contributed by atoms with van der Waals surface area (Å²) in [7, 11) is 0. The lowest BCUT2D eigenvalue weighted by atomic mass is 9.78. The van der Waals surface area contributed by atoms with Gasteiger partial charge < -0.3 is 9.47 Å². The van der Waals surface area contributed by atoms with Crippen molar-refractivity contribution in [2.45, 2.75) is 124 Å². The van der Waals surface area contributed by atoms with Gasteiger partial charge in [-0.3, -0.25) is 0 Å². The van der Waals surface area contributed by atoms with Crippen molar-refractivity contribution < 1.29 is 19.1 Å². The topological polar surface area (TPSA) is 52.6 Å². The quantitative estimate of drug-likeness (QED) is 0.153. The Hall–Kier alpha value is -4.18. The van der Waals surface area contributed by atoms with E-state index in [4.69, 9.17) is 9.47 Å². The van der Waals surface area contributed by atoms with Crippen LogP contribution >= 0.6 is 0 Å². The third-order valence-electron chi connectivity index (χ3n) is 9.37. The second-order valence-electron chi connectivity index (χ2n) is 18.1. The van der Waals surface area contributed by atoms with Crippen molar-refractivity contribution in [3.8, 4) is 11.5 Å². The van der Waals surface area contributed by atoms with Gasteiger partial charge in [0, 0.05) is 5.41 Å². The van der Waals surface area contributed by atoms with E-state index in [0.717, 1.165) is 33.4 Å². The normalized spacial score (nSPS) is 12.9. The van der Waals surface area contributed by atoms with Crippen LogP contribution in [0.2, 0.25) is 0 Å². The molecule has 0 aliphatic rings. The van der Waals surface area contributed by atoms with E-state index >= 15 is 0 Å². The van der Waals surface area contributed by atoms with Gasteiger partial charge in [-0.15, -0.1) is 0 Å². The van der Waals surface area contributed by atoms with Crippen molar-refractivity contribution in [1.82, 2.24) is 0 Å². The van der Waals surface area contributed by atoms with Crippen LogP contribution in [0.3, 0.4) is 0 Å². The highest BCUT2D eigenvalue weighted by Crippen LogP contribution is 2.35. The van der Waals surface area contributed by atoms with Crippen LogP contribution in [-0.2, 0) is 27.1 Å². The Labute approximate surface area is 295 Å². The van der Waals surface area contributed by atoms with Crippen LogP contribution in [0.25, 0.3) is 0 Å². The molecule has 0 aromatic heterocycles. The zero-order valence-corrected chi connectivity index (χ0v) is 32.2. The number of hydrogen-bond acceptors (Lipinski definition) is 4. The molecule has 0 saturated carbocycles. The van der Waals surface area contributed by atoms with E-state index < -0.39 is 0 Å². The van der Waals surface area contributed by atoms with Crippen molar-refractivity contribution in [3.05, 3.63) is 129 Å². The summed E-state index contributed by atoms with van der Waals surface area (Å²) in [5.74, 6) is 0.257. The second-order valence-corrected chi connectivity index (χ2v) is 18.1. The molecule has 4 rings (SSSR count). The number of ether oxygens (including phenoxy) is 2. The summed E-state index contributed by atoms with van der Waals surface area (Å²) in [6, 6.07) is 27.6. The van der Waals surface area contributed by atoms with E-state index in [-0.39, 0.29) is 39.0 Å². The van der Waals surface area contributed by atoms with Crippen LogP contribution in [0.5, 0.6) is 11.5 Å². The number of rotatable bonds is 6. The maximum absolute atomic E-state index is 13.3. The Morgan fingerprint density at radius 1 is 0.367 bits per heavy atom. The standard InChI is InChI=1S/C45H56O4/c1-41(2,3)33-23-29(24-34(27-33)42(4,5)6)39(46)48-37-19-15-31(16-20-37)45(13,14)32-17-21-38(22-18-32)49-40(47)30-25-35(43(7,8)9)28-36(26-30)44(10,11)12/h15-28H,1-14H3. The Morgan fingerprint density at radius 2 is 0.612 bits per heavy atom. The number of esters is 2. The van der Waals surface area contributed by atoms with Crippen molar-refractivity contribution in [2.24, 2.45) is 0 Å². The van der Waals surface area contributed by atoms with Gasteiger partial charge in [-0.1, -0.05) is 133 Å². The molecule has 0 fully saturated rings. The highest BCUT2D eigenvalue weighted by molar-refractivity contribution is 5.92. The molecule has 0 aliphatic heterocycles. The summed E-state index contributed by atoms with van der Waals surface area (Å²) < 4.78 is 11.7. The third kappa shape index (κ3) is 9.09. The number of carbonyl (C=O) groups is 2. The van der Waals surface area contributed by atoms with Crippen molar-refractivity contribution in [3.63, 3.8) is 0 Å². The zero-order chi connectivity index (χ0) is 36.7. The van der Waals surface area contributed by atoms with Crippen LogP contribution in [0, 0.1) is 0 Å². The minimum atomic E-state index is -0.367. The fourth-order valence-electron chi connectivity index (χ4n) is 5.60. The molecule has 4 aromatic carbocycles. The largest absolute Gasteiger partial charge is 0.423 e. The molecule has 0 radical (unpaired) electrons. The summed E-state index contributed by atoms with van der Waals surface area (Å²) >= 11 is 0. The molecule has 260 valence electrons. The number of hydrogen-bond donors (Lipinski definition) is 0. The summed E-state index contributed by atoms with van der Waals surface area (Å²) in [5, 5.41) is 0. The van der Waals surface area contributed by atoms with Crippen LogP contribution in [-0.4, -0.2) is 11.9 Å². The Balaban J connectivity index is 1.50. The summed E-state index contributed by atoms with van der Waals surface area (Å²) in [6.07, 6.45) is 0. The maximum Gasteiger partial charge on any atom is 0.343 e. The first-order valence-electron chi connectivity index (χ1n) is 17.3. The first kappa shape index (κ1) is 37.6. The van der Waals surface area contributed by atoms with E-state index in [2.05, 4.69) is 109 Å². The fourth-order valence-corrected chi connectivity index (χ4v) is 5.60. The van der Waals surface area contributed by atoms with Crippen LogP contribution in [0.1, 0.15) is 151 Å². The average Bonchev–Trinajstić information content (AvgIpc) is 2.99. The summed E-state index contributed by atoms with van der Waals surface area (Å²) in [5.41, 5.74) is 6.91. The van der Waals surface area contributed by atoms with E-state index in [0.29, 0.717) is 22.6 Å². The molecule has 0 spiro atoms. The lowest BCUT2D eigenvalue weighted by molar-refractivity contribution is 0.0724. The minimum absolute atomic E-state index is 0.0996. The van der Waals surface area contributed by atoms with E-state index in [9.17, 15) is 9.59 Å². The van der Waals surface area contributed by atoms with Crippen LogP contribution < -0.4 is 9.47 Å². The smallest absolute Gasteiger partial charge is 0.343 e. The van der Waals surface area contributed by atoms with Gasteiger partial charge in [0.05, 0.1) is 11.1 Å². The monoisotopic (exact) mass is 660 g/mol. The van der Waals surface area contributed by atoms with Gasteiger partial charge in [0.2, 0.25) is 0 Å². The molecule has 0 unspecified atom stereocenters. The van der Waals surface area contributed by atoms with Gasteiger partial charge in [0.1, 0.15) is 11.5 Å². The molecular weight excluding hydrogens is 604 g/mol. The molecule has 0 heterocycles. The molecule has 4 nitrogen and oxygen atoms in total. The van der Waals surface area contributed by atoms with E-state index in [1.807, 2.05) is 72.8 Å². The molecule has 4 aromatic rings. The van der Waals surface area contributed by atoms with Gasteiger partial charge in [0.25, 0.3) is 0 Å². The molecule has 0 aliphatic carbocycles. The molecular formula is C45H56O4. The van der Waals surface area contributed by atoms with Gasteiger partial charge in [-0.2, -0.15) is 0 Å².